The Morgan fingerprint density at radius 3 is 2.77 bits per heavy atom. The fraction of sp³-hybridized carbons (Fsp3) is 0. The van der Waals surface area contributed by atoms with Gasteiger partial charge in [-0.2, -0.15) is 5.10 Å². The molecule has 1 aromatic heterocycles. The molecule has 3 rings (SSSR count). The lowest BCUT2D eigenvalue weighted by molar-refractivity contribution is -0.384. The van der Waals surface area contributed by atoms with Crippen LogP contribution in [-0.4, -0.2) is 22.2 Å². The van der Waals surface area contributed by atoms with E-state index in [9.17, 15) is 20.0 Å². The normalized spacial score (nSPS) is 11.2. The van der Waals surface area contributed by atoms with E-state index in [1.165, 1.54) is 30.5 Å². The standard InChI is InChI=1S/C16H9I2N3O5/c17-10-3-9(15(22)12(18)6-10)7-19-20-16(23)14-5-8-4-11(21(24)25)1-2-13(8)26-14/h1-7,22H,(H,20,23)/b19-7-. The van der Waals surface area contributed by atoms with Crippen LogP contribution in [0.5, 0.6) is 5.75 Å². The number of hydrogen-bond donors (Lipinski definition) is 2. The topological polar surface area (TPSA) is 118 Å². The Hall–Kier alpha value is -2.22. The van der Waals surface area contributed by atoms with Crippen molar-refractivity contribution in [3.63, 3.8) is 0 Å². The van der Waals surface area contributed by atoms with Gasteiger partial charge in [-0.05, 0) is 69.4 Å². The molecule has 3 aromatic rings. The number of hydrazone groups is 1. The van der Waals surface area contributed by atoms with E-state index in [1.54, 1.807) is 12.1 Å². The minimum atomic E-state index is -0.611. The number of carbonyl (C=O) groups excluding carboxylic acids is 1. The molecule has 10 heteroatoms. The van der Waals surface area contributed by atoms with Crippen LogP contribution < -0.4 is 5.43 Å². The van der Waals surface area contributed by atoms with Crippen molar-refractivity contribution in [2.75, 3.05) is 0 Å². The van der Waals surface area contributed by atoms with Gasteiger partial charge in [-0.1, -0.05) is 0 Å². The van der Waals surface area contributed by atoms with Crippen LogP contribution in [-0.2, 0) is 0 Å². The third kappa shape index (κ3) is 3.95. The molecule has 1 amide bonds. The Bertz CT molecular complexity index is 1060. The molecule has 0 atom stereocenters. The lowest BCUT2D eigenvalue weighted by Crippen LogP contribution is -2.16. The van der Waals surface area contributed by atoms with E-state index in [0.29, 0.717) is 20.1 Å². The molecule has 26 heavy (non-hydrogen) atoms. The number of hydrogen-bond acceptors (Lipinski definition) is 6. The molecule has 8 nitrogen and oxygen atoms in total. The van der Waals surface area contributed by atoms with E-state index >= 15 is 0 Å². The molecule has 132 valence electrons. The van der Waals surface area contributed by atoms with Gasteiger partial charge in [-0.15, -0.1) is 0 Å². The first-order chi connectivity index (χ1) is 12.3. The van der Waals surface area contributed by atoms with Crippen LogP contribution in [0.4, 0.5) is 5.69 Å². The highest BCUT2D eigenvalue weighted by Gasteiger charge is 2.14. The first kappa shape index (κ1) is 18.6. The smallest absolute Gasteiger partial charge is 0.307 e. The molecule has 0 aliphatic heterocycles. The molecule has 0 bridgehead atoms. The molecule has 0 fully saturated rings. The first-order valence-corrected chi connectivity index (χ1v) is 9.20. The zero-order valence-electron chi connectivity index (χ0n) is 12.8. The number of non-ortho nitro benzene ring substituents is 1. The van der Waals surface area contributed by atoms with Gasteiger partial charge in [-0.25, -0.2) is 5.43 Å². The highest BCUT2D eigenvalue weighted by molar-refractivity contribution is 14.1. The summed E-state index contributed by atoms with van der Waals surface area (Å²) in [5.74, 6) is -0.570. The number of furan rings is 1. The quantitative estimate of drug-likeness (QED) is 0.210. The Morgan fingerprint density at radius 1 is 1.27 bits per heavy atom. The van der Waals surface area contributed by atoms with E-state index in [-0.39, 0.29) is 17.2 Å². The molecule has 0 unspecified atom stereocenters. The van der Waals surface area contributed by atoms with Crippen molar-refractivity contribution in [2.24, 2.45) is 5.10 Å². The van der Waals surface area contributed by atoms with Gasteiger partial charge in [0.05, 0.1) is 14.7 Å². The lowest BCUT2D eigenvalue weighted by Gasteiger charge is -2.02. The van der Waals surface area contributed by atoms with E-state index in [1.807, 2.05) is 22.6 Å². The number of nitrogens with zero attached hydrogens (tertiary/aromatic N) is 2. The average molecular weight is 577 g/mol. The van der Waals surface area contributed by atoms with Gasteiger partial charge in [0.25, 0.3) is 5.69 Å². The van der Waals surface area contributed by atoms with Gasteiger partial charge in [0.15, 0.2) is 5.76 Å². The molecule has 0 aliphatic rings. The van der Waals surface area contributed by atoms with Crippen molar-refractivity contribution in [1.82, 2.24) is 5.43 Å². The second-order valence-corrected chi connectivity index (χ2v) is 7.52. The zero-order valence-corrected chi connectivity index (χ0v) is 17.1. The number of nitrogens with one attached hydrogen (secondary N) is 1. The second kappa shape index (κ2) is 7.57. The van der Waals surface area contributed by atoms with Gasteiger partial charge in [0.1, 0.15) is 11.3 Å². The van der Waals surface area contributed by atoms with Gasteiger partial charge in [0, 0.05) is 26.7 Å². The SMILES string of the molecule is O=C(N/N=C\c1cc(I)cc(I)c1O)c1cc2cc([N+](=O)[O-])ccc2o1. The van der Waals surface area contributed by atoms with Crippen LogP contribution in [0.2, 0.25) is 0 Å². The highest BCUT2D eigenvalue weighted by atomic mass is 127. The van der Waals surface area contributed by atoms with Gasteiger partial charge in [0.2, 0.25) is 0 Å². The summed E-state index contributed by atoms with van der Waals surface area (Å²) >= 11 is 4.11. The molecule has 1 heterocycles. The third-order valence-corrected chi connectivity index (χ3v) is 4.81. The van der Waals surface area contributed by atoms with Crippen molar-refractivity contribution in [3.8, 4) is 5.75 Å². The molecule has 0 aliphatic carbocycles. The van der Waals surface area contributed by atoms with Crippen LogP contribution in [0.25, 0.3) is 11.0 Å². The number of nitro groups is 1. The number of carbonyl (C=O) groups is 1. The average Bonchev–Trinajstić information content (AvgIpc) is 3.02. The molecule has 0 saturated carbocycles. The number of benzene rings is 2. The monoisotopic (exact) mass is 577 g/mol. The Labute approximate surface area is 173 Å². The van der Waals surface area contributed by atoms with Crippen LogP contribution in [0.15, 0.2) is 45.9 Å². The van der Waals surface area contributed by atoms with Crippen LogP contribution in [0, 0.1) is 17.3 Å². The zero-order chi connectivity index (χ0) is 18.8. The van der Waals surface area contributed by atoms with Crippen LogP contribution in [0.3, 0.4) is 0 Å². The van der Waals surface area contributed by atoms with Crippen LogP contribution in [0.1, 0.15) is 16.1 Å². The van der Waals surface area contributed by atoms with Crippen molar-refractivity contribution >= 4 is 74.0 Å². The number of rotatable bonds is 4. The van der Waals surface area contributed by atoms with Crippen molar-refractivity contribution in [1.29, 1.82) is 0 Å². The summed E-state index contributed by atoms with van der Waals surface area (Å²) in [6.07, 6.45) is 1.32. The molecule has 0 radical (unpaired) electrons. The fourth-order valence-corrected chi connectivity index (χ4v) is 4.05. The number of amides is 1. The Balaban J connectivity index is 1.78. The minimum Gasteiger partial charge on any atom is -0.506 e. The number of phenols is 1. The highest BCUT2D eigenvalue weighted by Crippen LogP contribution is 2.26. The van der Waals surface area contributed by atoms with E-state index in [4.69, 9.17) is 4.42 Å². The summed E-state index contributed by atoms with van der Waals surface area (Å²) in [5, 5.41) is 25.0. The molecule has 0 saturated heterocycles. The van der Waals surface area contributed by atoms with Gasteiger partial charge in [-0.3, -0.25) is 14.9 Å². The number of aromatic hydroxyl groups is 1. The second-order valence-electron chi connectivity index (χ2n) is 5.11. The van der Waals surface area contributed by atoms with Gasteiger partial charge >= 0.3 is 5.91 Å². The minimum absolute atomic E-state index is 0.0286. The largest absolute Gasteiger partial charge is 0.506 e. The van der Waals surface area contributed by atoms with Gasteiger partial charge < -0.3 is 9.52 Å². The Kier molecular flexibility index (Phi) is 5.41. The number of phenolic OH excluding ortho intramolecular Hbond substituents is 1. The van der Waals surface area contributed by atoms with Crippen molar-refractivity contribution in [3.05, 3.63) is 65.0 Å². The third-order valence-electron chi connectivity index (χ3n) is 3.36. The predicted molar refractivity (Wildman–Crippen MR) is 111 cm³/mol. The fourth-order valence-electron chi connectivity index (χ4n) is 2.16. The predicted octanol–water partition coefficient (Wildman–Crippen LogP) is 4.02. The molecule has 0 spiro atoms. The summed E-state index contributed by atoms with van der Waals surface area (Å²) in [7, 11) is 0. The molecular formula is C16H9I2N3O5. The summed E-state index contributed by atoms with van der Waals surface area (Å²) in [5.41, 5.74) is 3.02. The molecule has 2 N–H and O–H groups in total. The summed E-state index contributed by atoms with van der Waals surface area (Å²) in [6, 6.07) is 8.98. The van der Waals surface area contributed by atoms with Crippen molar-refractivity contribution < 1.29 is 19.2 Å². The number of halogens is 2. The van der Waals surface area contributed by atoms with E-state index in [0.717, 1.165) is 3.57 Å². The van der Waals surface area contributed by atoms with Crippen molar-refractivity contribution in [2.45, 2.75) is 0 Å². The first-order valence-electron chi connectivity index (χ1n) is 7.04. The summed E-state index contributed by atoms with van der Waals surface area (Å²) in [6.45, 7) is 0. The van der Waals surface area contributed by atoms with E-state index in [2.05, 4.69) is 33.1 Å². The molecule has 2 aromatic carbocycles. The maximum atomic E-state index is 12.1. The van der Waals surface area contributed by atoms with E-state index < -0.39 is 10.8 Å². The maximum Gasteiger partial charge on any atom is 0.307 e. The maximum absolute atomic E-state index is 12.1. The van der Waals surface area contributed by atoms with Crippen LogP contribution >= 0.6 is 45.2 Å². The lowest BCUT2D eigenvalue weighted by atomic mass is 10.2. The summed E-state index contributed by atoms with van der Waals surface area (Å²) < 4.78 is 6.95. The Morgan fingerprint density at radius 2 is 2.04 bits per heavy atom. The summed E-state index contributed by atoms with van der Waals surface area (Å²) in [4.78, 5) is 22.4. The number of fused-ring (bicyclic) bond motifs is 1. The molecular weight excluding hydrogens is 568 g/mol. The number of nitro benzene ring substituents is 1.